The molecule has 128 valence electrons. The zero-order valence-corrected chi connectivity index (χ0v) is 15.0. The maximum absolute atomic E-state index is 5.44. The monoisotopic (exact) mass is 355 g/mol. The Morgan fingerprint density at radius 1 is 0.920 bits per heavy atom. The number of aryl methyl sites for hydroxylation is 1. The fraction of sp³-hybridized carbons (Fsp3) is 0.158. The summed E-state index contributed by atoms with van der Waals surface area (Å²) in [4.78, 5) is 8.94. The topological polar surface area (TPSA) is 49.2 Å². The Balaban J connectivity index is 0.00000182. The van der Waals surface area contributed by atoms with E-state index in [1.807, 2.05) is 31.3 Å². The lowest BCUT2D eigenvalue weighted by molar-refractivity contribution is 0.356. The van der Waals surface area contributed by atoms with Gasteiger partial charge in [-0.05, 0) is 12.1 Å². The van der Waals surface area contributed by atoms with Crippen LogP contribution >= 0.6 is 12.4 Å². The zero-order chi connectivity index (χ0) is 16.7. The summed E-state index contributed by atoms with van der Waals surface area (Å²) in [6, 6.07) is 12.1. The van der Waals surface area contributed by atoms with E-state index in [4.69, 9.17) is 9.47 Å². The highest BCUT2D eigenvalue weighted by Crippen LogP contribution is 2.37. The normalized spacial score (nSPS) is 10.7. The molecule has 0 saturated carbocycles. The second-order valence-corrected chi connectivity index (χ2v) is 5.62. The van der Waals surface area contributed by atoms with Crippen molar-refractivity contribution < 1.29 is 9.47 Å². The van der Waals surface area contributed by atoms with E-state index in [-0.39, 0.29) is 12.4 Å². The Hall–Kier alpha value is -2.79. The second kappa shape index (κ2) is 6.61. The van der Waals surface area contributed by atoms with E-state index >= 15 is 0 Å². The quantitative estimate of drug-likeness (QED) is 0.552. The predicted octanol–water partition coefficient (Wildman–Crippen LogP) is 4.23. The lowest BCUT2D eigenvalue weighted by Gasteiger charge is -2.10. The maximum Gasteiger partial charge on any atom is 0.162 e. The van der Waals surface area contributed by atoms with E-state index in [9.17, 15) is 0 Å². The van der Waals surface area contributed by atoms with E-state index in [1.165, 1.54) is 5.52 Å². The van der Waals surface area contributed by atoms with Crippen LogP contribution < -0.4 is 9.47 Å². The molecule has 0 radical (unpaired) electrons. The van der Waals surface area contributed by atoms with Gasteiger partial charge in [-0.15, -0.1) is 12.4 Å². The number of aromatic nitrogens is 3. The summed E-state index contributed by atoms with van der Waals surface area (Å²) in [7, 11) is 5.29. The van der Waals surface area contributed by atoms with Gasteiger partial charge in [0.15, 0.2) is 11.5 Å². The van der Waals surface area contributed by atoms with Gasteiger partial charge < -0.3 is 14.0 Å². The molecule has 0 saturated heterocycles. The van der Waals surface area contributed by atoms with Crippen LogP contribution in [-0.4, -0.2) is 28.8 Å². The van der Waals surface area contributed by atoms with Crippen LogP contribution in [0.1, 0.15) is 0 Å². The molecule has 2 heterocycles. The van der Waals surface area contributed by atoms with Crippen molar-refractivity contribution in [2.24, 2.45) is 7.05 Å². The van der Waals surface area contributed by atoms with Gasteiger partial charge in [0.2, 0.25) is 0 Å². The van der Waals surface area contributed by atoms with Gasteiger partial charge >= 0.3 is 0 Å². The van der Waals surface area contributed by atoms with Gasteiger partial charge in [0.25, 0.3) is 0 Å². The van der Waals surface area contributed by atoms with E-state index < -0.39 is 0 Å². The smallest absolute Gasteiger partial charge is 0.162 e. The van der Waals surface area contributed by atoms with Crippen molar-refractivity contribution in [2.45, 2.75) is 0 Å². The highest BCUT2D eigenvalue weighted by atomic mass is 35.5. The summed E-state index contributed by atoms with van der Waals surface area (Å²) < 4.78 is 12.9. The molecule has 2 aromatic heterocycles. The number of benzene rings is 2. The van der Waals surface area contributed by atoms with Crippen LogP contribution in [0.4, 0.5) is 0 Å². The van der Waals surface area contributed by atoms with Crippen LogP contribution in [-0.2, 0) is 7.05 Å². The van der Waals surface area contributed by atoms with Gasteiger partial charge in [-0.3, -0.25) is 0 Å². The first-order valence-corrected chi connectivity index (χ1v) is 7.64. The third-order valence-electron chi connectivity index (χ3n) is 4.29. The number of para-hydroxylation sites is 1. The van der Waals surface area contributed by atoms with Crippen LogP contribution in [0.15, 0.2) is 48.9 Å². The molecule has 0 aliphatic heterocycles. The molecule has 0 bridgehead atoms. The minimum Gasteiger partial charge on any atom is -0.493 e. The molecule has 0 aliphatic rings. The Labute approximate surface area is 151 Å². The molecule has 0 fully saturated rings. The number of ether oxygens (including phenoxy) is 2. The van der Waals surface area contributed by atoms with Gasteiger partial charge in [-0.25, -0.2) is 9.97 Å². The van der Waals surface area contributed by atoms with E-state index in [2.05, 4.69) is 32.9 Å². The van der Waals surface area contributed by atoms with Gasteiger partial charge in [-0.2, -0.15) is 0 Å². The summed E-state index contributed by atoms with van der Waals surface area (Å²) >= 11 is 0. The number of hydrogen-bond donors (Lipinski definition) is 0. The summed E-state index contributed by atoms with van der Waals surface area (Å²) in [6.45, 7) is 0. The van der Waals surface area contributed by atoms with E-state index in [0.717, 1.165) is 27.5 Å². The summed E-state index contributed by atoms with van der Waals surface area (Å²) in [6.07, 6.45) is 3.69. The fourth-order valence-corrected chi connectivity index (χ4v) is 3.13. The molecule has 4 aromatic rings. The first-order chi connectivity index (χ1) is 11.7. The van der Waals surface area contributed by atoms with Crippen molar-refractivity contribution in [1.82, 2.24) is 14.5 Å². The number of fused-ring (bicyclic) bond motifs is 2. The molecule has 4 rings (SSSR count). The first-order valence-electron chi connectivity index (χ1n) is 7.64. The average Bonchev–Trinajstić information content (AvgIpc) is 2.97. The summed E-state index contributed by atoms with van der Waals surface area (Å²) in [5, 5.41) is 2.10. The second-order valence-electron chi connectivity index (χ2n) is 5.62. The van der Waals surface area contributed by atoms with Crippen LogP contribution in [0.3, 0.4) is 0 Å². The molecule has 0 spiro atoms. The molecule has 0 atom stereocenters. The summed E-state index contributed by atoms with van der Waals surface area (Å²) in [5.74, 6) is 1.33. The van der Waals surface area contributed by atoms with E-state index in [0.29, 0.717) is 11.5 Å². The highest BCUT2D eigenvalue weighted by molar-refractivity contribution is 6.03. The van der Waals surface area contributed by atoms with Crippen molar-refractivity contribution in [3.63, 3.8) is 0 Å². The molecule has 0 amide bonds. The standard InChI is InChI=1S/C19H17N3O2.ClH/c1-22-10-14(12-6-4-5-7-16(12)22)19-13-8-17(23-2)18(24-3)9-15(13)20-11-21-19;/h4-11H,1-3H3;1H. The predicted molar refractivity (Wildman–Crippen MR) is 102 cm³/mol. The Morgan fingerprint density at radius 2 is 1.64 bits per heavy atom. The van der Waals surface area contributed by atoms with Gasteiger partial charge in [0.05, 0.1) is 25.4 Å². The number of hydrogen-bond acceptors (Lipinski definition) is 4. The molecule has 2 aromatic carbocycles. The Morgan fingerprint density at radius 3 is 2.40 bits per heavy atom. The minimum atomic E-state index is 0. The highest BCUT2D eigenvalue weighted by Gasteiger charge is 2.15. The lowest BCUT2D eigenvalue weighted by atomic mass is 10.1. The number of nitrogens with zero attached hydrogens (tertiary/aromatic N) is 3. The number of methoxy groups -OCH3 is 2. The van der Waals surface area contributed by atoms with Crippen molar-refractivity contribution in [3.05, 3.63) is 48.9 Å². The third kappa shape index (κ3) is 2.66. The van der Waals surface area contributed by atoms with Crippen LogP contribution in [0.2, 0.25) is 0 Å². The number of halogens is 1. The van der Waals surface area contributed by atoms with Crippen molar-refractivity contribution >= 4 is 34.2 Å². The molecule has 6 heteroatoms. The van der Waals surface area contributed by atoms with Crippen molar-refractivity contribution in [1.29, 1.82) is 0 Å². The molecular formula is C19H18ClN3O2. The largest absolute Gasteiger partial charge is 0.493 e. The molecular weight excluding hydrogens is 338 g/mol. The van der Waals surface area contributed by atoms with Crippen LogP contribution in [0, 0.1) is 0 Å². The SMILES string of the molecule is COc1cc2ncnc(-c3cn(C)c4ccccc34)c2cc1OC.Cl. The fourth-order valence-electron chi connectivity index (χ4n) is 3.13. The van der Waals surface area contributed by atoms with Gasteiger partial charge in [0.1, 0.15) is 6.33 Å². The summed E-state index contributed by atoms with van der Waals surface area (Å²) in [5.41, 5.74) is 3.95. The minimum absolute atomic E-state index is 0. The molecule has 0 unspecified atom stereocenters. The molecule has 25 heavy (non-hydrogen) atoms. The molecule has 5 nitrogen and oxygen atoms in total. The van der Waals surface area contributed by atoms with Gasteiger partial charge in [-0.1, -0.05) is 18.2 Å². The Kier molecular flexibility index (Phi) is 4.51. The Bertz CT molecular complexity index is 1060. The van der Waals surface area contributed by atoms with Crippen molar-refractivity contribution in [2.75, 3.05) is 14.2 Å². The van der Waals surface area contributed by atoms with Crippen LogP contribution in [0.25, 0.3) is 33.1 Å². The lowest BCUT2D eigenvalue weighted by Crippen LogP contribution is -1.94. The first kappa shape index (κ1) is 17.0. The zero-order valence-electron chi connectivity index (χ0n) is 14.2. The van der Waals surface area contributed by atoms with Crippen molar-refractivity contribution in [3.8, 4) is 22.8 Å². The third-order valence-corrected chi connectivity index (χ3v) is 4.29. The maximum atomic E-state index is 5.44. The average molecular weight is 356 g/mol. The number of rotatable bonds is 3. The molecule has 0 aliphatic carbocycles. The molecule has 0 N–H and O–H groups in total. The van der Waals surface area contributed by atoms with Gasteiger partial charge in [0, 0.05) is 41.2 Å². The van der Waals surface area contributed by atoms with Crippen LogP contribution in [0.5, 0.6) is 11.5 Å². The van der Waals surface area contributed by atoms with E-state index in [1.54, 1.807) is 20.5 Å².